The molecule has 2 N–H and O–H groups in total. The van der Waals surface area contributed by atoms with Gasteiger partial charge in [-0.05, 0) is 53.5 Å². The van der Waals surface area contributed by atoms with Crippen LogP contribution in [0.15, 0.2) is 0 Å². The van der Waals surface area contributed by atoms with Crippen molar-refractivity contribution in [3.63, 3.8) is 0 Å². The van der Waals surface area contributed by atoms with E-state index in [1.54, 1.807) is 0 Å². The highest BCUT2D eigenvalue weighted by atomic mass is 16.5. The van der Waals surface area contributed by atoms with Crippen molar-refractivity contribution in [3.05, 3.63) is 0 Å². The van der Waals surface area contributed by atoms with Gasteiger partial charge in [0.2, 0.25) is 0 Å². The van der Waals surface area contributed by atoms with Crippen LogP contribution in [0.1, 0.15) is 46.5 Å². The van der Waals surface area contributed by atoms with E-state index in [9.17, 15) is 5.11 Å². The first kappa shape index (κ1) is 15.9. The number of likely N-dealkylation sites (N-methyl/N-ethyl adjacent to an activating group) is 1. The molecule has 0 bridgehead atoms. The third kappa shape index (κ3) is 5.22. The van der Waals surface area contributed by atoms with E-state index in [2.05, 4.69) is 19.2 Å². The van der Waals surface area contributed by atoms with Crippen LogP contribution in [-0.2, 0) is 9.47 Å². The van der Waals surface area contributed by atoms with Crippen molar-refractivity contribution in [3.8, 4) is 0 Å². The molecule has 3 atom stereocenters. The van der Waals surface area contributed by atoms with E-state index in [0.717, 1.165) is 32.3 Å². The van der Waals surface area contributed by atoms with Gasteiger partial charge in [0.1, 0.15) is 0 Å². The van der Waals surface area contributed by atoms with Crippen LogP contribution in [-0.4, -0.2) is 49.2 Å². The summed E-state index contributed by atoms with van der Waals surface area (Å²) in [6.45, 7) is 7.17. The Morgan fingerprint density at radius 3 is 2.44 bits per heavy atom. The maximum Gasteiger partial charge on any atom is 0.0624 e. The van der Waals surface area contributed by atoms with Gasteiger partial charge in [0.15, 0.2) is 0 Å². The van der Waals surface area contributed by atoms with E-state index in [1.807, 2.05) is 14.0 Å². The van der Waals surface area contributed by atoms with Crippen LogP contribution in [0, 0.1) is 0 Å². The van der Waals surface area contributed by atoms with Gasteiger partial charge in [0, 0.05) is 12.1 Å². The predicted octanol–water partition coefficient (Wildman–Crippen LogP) is 1.71. The lowest BCUT2D eigenvalue weighted by Crippen LogP contribution is -2.43. The van der Waals surface area contributed by atoms with Gasteiger partial charge in [0.05, 0.1) is 24.9 Å². The minimum atomic E-state index is -0.181. The Kier molecular flexibility index (Phi) is 6.57. The number of rotatable bonds is 7. The van der Waals surface area contributed by atoms with Crippen molar-refractivity contribution in [1.29, 1.82) is 0 Å². The summed E-state index contributed by atoms with van der Waals surface area (Å²) in [5.41, 5.74) is -0.181. The summed E-state index contributed by atoms with van der Waals surface area (Å²) in [6.07, 6.45) is 4.82. The molecule has 0 aliphatic carbocycles. The molecule has 1 fully saturated rings. The molecule has 0 aromatic carbocycles. The van der Waals surface area contributed by atoms with Crippen LogP contribution in [0.25, 0.3) is 0 Å². The van der Waals surface area contributed by atoms with Gasteiger partial charge in [-0.15, -0.1) is 0 Å². The molecule has 0 aromatic rings. The first-order valence-electron chi connectivity index (χ1n) is 7.06. The second kappa shape index (κ2) is 7.43. The third-order valence-electron chi connectivity index (χ3n) is 3.83. The molecule has 18 heavy (non-hydrogen) atoms. The maximum atomic E-state index is 9.28. The second-order valence-corrected chi connectivity index (χ2v) is 5.79. The van der Waals surface area contributed by atoms with Crippen molar-refractivity contribution < 1.29 is 14.6 Å². The summed E-state index contributed by atoms with van der Waals surface area (Å²) >= 11 is 0. The fourth-order valence-corrected chi connectivity index (χ4v) is 2.48. The first-order chi connectivity index (χ1) is 8.49. The fourth-order valence-electron chi connectivity index (χ4n) is 2.48. The highest BCUT2D eigenvalue weighted by Gasteiger charge is 2.25. The standard InChI is InChI=1S/C14H29NO3/c1-11-8-13(9-12(2)18-11)17-7-5-6-14(3,10-16)15-4/h11-13,15-16H,5-10H2,1-4H3. The van der Waals surface area contributed by atoms with Crippen LogP contribution < -0.4 is 5.32 Å². The summed E-state index contributed by atoms with van der Waals surface area (Å²) in [4.78, 5) is 0. The normalized spacial score (nSPS) is 32.2. The Morgan fingerprint density at radius 1 is 1.33 bits per heavy atom. The molecule has 1 saturated heterocycles. The SMILES string of the molecule is CNC(C)(CO)CCCOC1CC(C)OC(C)C1. The van der Waals surface area contributed by atoms with Crippen LogP contribution in [0.3, 0.4) is 0 Å². The van der Waals surface area contributed by atoms with Gasteiger partial charge >= 0.3 is 0 Å². The van der Waals surface area contributed by atoms with Crippen LogP contribution in [0.5, 0.6) is 0 Å². The summed E-state index contributed by atoms with van der Waals surface area (Å²) in [6, 6.07) is 0. The van der Waals surface area contributed by atoms with Crippen molar-refractivity contribution in [2.75, 3.05) is 20.3 Å². The molecule has 1 heterocycles. The van der Waals surface area contributed by atoms with Gasteiger partial charge in [-0.2, -0.15) is 0 Å². The third-order valence-corrected chi connectivity index (χ3v) is 3.83. The zero-order chi connectivity index (χ0) is 13.6. The van der Waals surface area contributed by atoms with Gasteiger partial charge in [-0.1, -0.05) is 0 Å². The maximum absolute atomic E-state index is 9.28. The number of aliphatic hydroxyl groups excluding tert-OH is 1. The van der Waals surface area contributed by atoms with Crippen molar-refractivity contribution in [2.24, 2.45) is 0 Å². The monoisotopic (exact) mass is 259 g/mol. The molecule has 3 unspecified atom stereocenters. The Bertz CT molecular complexity index is 221. The number of aliphatic hydroxyl groups is 1. The molecule has 0 aromatic heterocycles. The number of nitrogens with one attached hydrogen (secondary N) is 1. The number of ether oxygens (including phenoxy) is 2. The topological polar surface area (TPSA) is 50.7 Å². The largest absolute Gasteiger partial charge is 0.394 e. The van der Waals surface area contributed by atoms with Crippen LogP contribution >= 0.6 is 0 Å². The van der Waals surface area contributed by atoms with Gasteiger partial charge in [0.25, 0.3) is 0 Å². The zero-order valence-electron chi connectivity index (χ0n) is 12.2. The summed E-state index contributed by atoms with van der Waals surface area (Å²) < 4.78 is 11.6. The zero-order valence-corrected chi connectivity index (χ0v) is 12.2. The molecule has 108 valence electrons. The van der Waals surface area contributed by atoms with Crippen LogP contribution in [0.4, 0.5) is 0 Å². The lowest BCUT2D eigenvalue weighted by molar-refractivity contribution is -0.102. The highest BCUT2D eigenvalue weighted by Crippen LogP contribution is 2.22. The van der Waals surface area contributed by atoms with E-state index in [1.165, 1.54) is 0 Å². The molecular formula is C14H29NO3. The van der Waals surface area contributed by atoms with E-state index in [0.29, 0.717) is 18.3 Å². The second-order valence-electron chi connectivity index (χ2n) is 5.79. The fraction of sp³-hybridized carbons (Fsp3) is 1.00. The van der Waals surface area contributed by atoms with Gasteiger partial charge < -0.3 is 19.9 Å². The Hall–Kier alpha value is -0.160. The molecule has 0 amide bonds. The lowest BCUT2D eigenvalue weighted by Gasteiger charge is -2.32. The average molecular weight is 259 g/mol. The van der Waals surface area contributed by atoms with E-state index in [-0.39, 0.29) is 12.1 Å². The molecule has 0 spiro atoms. The Morgan fingerprint density at radius 2 is 1.94 bits per heavy atom. The van der Waals surface area contributed by atoms with Gasteiger partial charge in [-0.25, -0.2) is 0 Å². The molecule has 1 aliphatic heterocycles. The first-order valence-corrected chi connectivity index (χ1v) is 7.06. The molecular weight excluding hydrogens is 230 g/mol. The highest BCUT2D eigenvalue weighted by molar-refractivity contribution is 4.80. The van der Waals surface area contributed by atoms with E-state index < -0.39 is 0 Å². The smallest absolute Gasteiger partial charge is 0.0624 e. The molecule has 1 aliphatic rings. The molecule has 4 nitrogen and oxygen atoms in total. The molecule has 0 radical (unpaired) electrons. The predicted molar refractivity (Wildman–Crippen MR) is 72.8 cm³/mol. The Balaban J connectivity index is 2.17. The van der Waals surface area contributed by atoms with Crippen molar-refractivity contribution in [2.45, 2.75) is 70.3 Å². The minimum Gasteiger partial charge on any atom is -0.394 e. The quantitative estimate of drug-likeness (QED) is 0.683. The Labute approximate surface area is 111 Å². The number of hydrogen-bond acceptors (Lipinski definition) is 4. The van der Waals surface area contributed by atoms with E-state index in [4.69, 9.17) is 9.47 Å². The summed E-state index contributed by atoms with van der Waals surface area (Å²) in [5, 5.41) is 12.4. The lowest BCUT2D eigenvalue weighted by atomic mass is 9.97. The summed E-state index contributed by atoms with van der Waals surface area (Å²) in [7, 11) is 1.89. The van der Waals surface area contributed by atoms with Gasteiger partial charge in [-0.3, -0.25) is 0 Å². The summed E-state index contributed by atoms with van der Waals surface area (Å²) in [5.74, 6) is 0. The molecule has 4 heteroatoms. The number of hydrogen-bond donors (Lipinski definition) is 2. The molecule has 1 rings (SSSR count). The van der Waals surface area contributed by atoms with Crippen molar-refractivity contribution >= 4 is 0 Å². The molecule has 0 saturated carbocycles. The average Bonchev–Trinajstić information content (AvgIpc) is 2.33. The minimum absolute atomic E-state index is 0.162. The van der Waals surface area contributed by atoms with Crippen LogP contribution in [0.2, 0.25) is 0 Å². The van der Waals surface area contributed by atoms with E-state index >= 15 is 0 Å². The van der Waals surface area contributed by atoms with Crippen molar-refractivity contribution in [1.82, 2.24) is 5.32 Å².